The van der Waals surface area contributed by atoms with Crippen molar-refractivity contribution in [2.75, 3.05) is 0 Å². The van der Waals surface area contributed by atoms with Gasteiger partial charge in [-0.3, -0.25) is 4.99 Å². The Bertz CT molecular complexity index is 105. The number of hydrogen-bond donors (Lipinski definition) is 0. The second kappa shape index (κ2) is 32.7. The summed E-state index contributed by atoms with van der Waals surface area (Å²) in [6.07, 6.45) is 8.29. The van der Waals surface area contributed by atoms with Gasteiger partial charge in [0.1, 0.15) is 0 Å². The summed E-state index contributed by atoms with van der Waals surface area (Å²) in [5.74, 6) is 0. The average molecular weight is 167 g/mol. The van der Waals surface area contributed by atoms with E-state index in [0.29, 0.717) is 0 Å². The van der Waals surface area contributed by atoms with Crippen molar-refractivity contribution in [2.24, 2.45) is 4.99 Å². The molecule has 0 unspecified atom stereocenters. The molecule has 0 radical (unpaired) electrons. The minimum atomic E-state index is 1.61. The van der Waals surface area contributed by atoms with Gasteiger partial charge in [0.25, 0.3) is 0 Å². The van der Waals surface area contributed by atoms with Gasteiger partial charge in [-0.1, -0.05) is 53.0 Å². The molecule has 0 atom stereocenters. The molecule has 0 spiro atoms. The normalized spacial score (nSPS) is 8.00. The van der Waals surface area contributed by atoms with Crippen molar-refractivity contribution in [3.63, 3.8) is 0 Å². The fraction of sp³-hybridized carbons (Fsp3) is 0.364. The zero-order valence-electron chi connectivity index (χ0n) is 8.75. The molecule has 0 saturated heterocycles. The molecule has 1 heteroatoms. The van der Waals surface area contributed by atoms with E-state index >= 15 is 0 Å². The van der Waals surface area contributed by atoms with Crippen LogP contribution in [0, 0.1) is 0 Å². The van der Waals surface area contributed by atoms with Gasteiger partial charge in [-0.2, -0.15) is 0 Å². The van der Waals surface area contributed by atoms with E-state index in [1.807, 2.05) is 27.7 Å². The molecule has 0 heterocycles. The lowest BCUT2D eigenvalue weighted by atomic mass is 10.6. The van der Waals surface area contributed by atoms with E-state index in [0.717, 1.165) is 0 Å². The third kappa shape index (κ3) is 36.6. The Morgan fingerprint density at radius 1 is 0.917 bits per heavy atom. The van der Waals surface area contributed by atoms with Crippen molar-refractivity contribution in [1.29, 1.82) is 0 Å². The highest BCUT2D eigenvalue weighted by Crippen LogP contribution is 1.72. The quantitative estimate of drug-likeness (QED) is 0.445. The van der Waals surface area contributed by atoms with Gasteiger partial charge < -0.3 is 0 Å². The van der Waals surface area contributed by atoms with Crippen LogP contribution in [0.3, 0.4) is 0 Å². The van der Waals surface area contributed by atoms with Gasteiger partial charge in [0.15, 0.2) is 0 Å². The van der Waals surface area contributed by atoms with Crippen LogP contribution >= 0.6 is 0 Å². The highest BCUT2D eigenvalue weighted by Gasteiger charge is 1.54. The standard InChI is InChI=1S/C7H9N.2C2H6/c1-3-5-7-8-6-4-2;2*1-2/h3-7H,1-2H2;2*1-2H3/b7-5-,8-6?;;. The molecule has 0 aromatic heterocycles. The predicted octanol–water partition coefficient (Wildman–Crippen LogP) is 4.00. The zero-order chi connectivity index (χ0) is 10.2. The minimum absolute atomic E-state index is 1.61. The first-order valence-electron chi connectivity index (χ1n) is 4.33. The first kappa shape index (κ1) is 17.1. The second-order valence-electron chi connectivity index (χ2n) is 1.11. The van der Waals surface area contributed by atoms with Gasteiger partial charge in [0.2, 0.25) is 0 Å². The fourth-order valence-electron chi connectivity index (χ4n) is 0.221. The first-order chi connectivity index (χ1) is 5.91. The van der Waals surface area contributed by atoms with Crippen molar-refractivity contribution < 1.29 is 0 Å². The molecule has 0 aliphatic rings. The Balaban J connectivity index is -0.000000175. The van der Waals surface area contributed by atoms with E-state index in [4.69, 9.17) is 0 Å². The van der Waals surface area contributed by atoms with Gasteiger partial charge >= 0.3 is 0 Å². The van der Waals surface area contributed by atoms with Crippen molar-refractivity contribution in [3.8, 4) is 0 Å². The fourth-order valence-corrected chi connectivity index (χ4v) is 0.221. The summed E-state index contributed by atoms with van der Waals surface area (Å²) in [4.78, 5) is 3.78. The third-order valence-electron chi connectivity index (χ3n) is 0.500. The van der Waals surface area contributed by atoms with Crippen LogP contribution < -0.4 is 0 Å². The topological polar surface area (TPSA) is 12.4 Å². The van der Waals surface area contributed by atoms with Crippen LogP contribution in [0.25, 0.3) is 0 Å². The molecule has 0 aliphatic carbocycles. The number of allylic oxidation sites excluding steroid dienone is 3. The molecule has 0 amide bonds. The van der Waals surface area contributed by atoms with Crippen LogP contribution in [-0.4, -0.2) is 6.21 Å². The molecular weight excluding hydrogens is 146 g/mol. The second-order valence-corrected chi connectivity index (χ2v) is 1.11. The van der Waals surface area contributed by atoms with E-state index in [-0.39, 0.29) is 0 Å². The van der Waals surface area contributed by atoms with Gasteiger partial charge in [0, 0.05) is 12.4 Å². The number of nitrogens with zero attached hydrogens (tertiary/aromatic N) is 1. The van der Waals surface area contributed by atoms with E-state index in [9.17, 15) is 0 Å². The molecule has 1 nitrogen and oxygen atoms in total. The molecule has 0 aromatic rings. The first-order valence-corrected chi connectivity index (χ1v) is 4.33. The Hall–Kier alpha value is -1.11. The number of rotatable bonds is 3. The summed E-state index contributed by atoms with van der Waals surface area (Å²) in [6, 6.07) is 0. The van der Waals surface area contributed by atoms with Crippen molar-refractivity contribution in [3.05, 3.63) is 37.6 Å². The van der Waals surface area contributed by atoms with E-state index < -0.39 is 0 Å². The molecule has 0 N–H and O–H groups in total. The molecular formula is C11H21N. The molecule has 0 rings (SSSR count). The van der Waals surface area contributed by atoms with Gasteiger partial charge in [-0.25, -0.2) is 0 Å². The van der Waals surface area contributed by atoms with Crippen molar-refractivity contribution >= 4 is 6.21 Å². The van der Waals surface area contributed by atoms with Crippen LogP contribution in [0.4, 0.5) is 0 Å². The summed E-state index contributed by atoms with van der Waals surface area (Å²) in [5.41, 5.74) is 0. The number of hydrogen-bond acceptors (Lipinski definition) is 1. The van der Waals surface area contributed by atoms with Crippen LogP contribution in [0.5, 0.6) is 0 Å². The largest absolute Gasteiger partial charge is 0.265 e. The van der Waals surface area contributed by atoms with Crippen molar-refractivity contribution in [1.82, 2.24) is 0 Å². The van der Waals surface area contributed by atoms with Crippen LogP contribution in [-0.2, 0) is 0 Å². The lowest BCUT2D eigenvalue weighted by Gasteiger charge is -1.68. The lowest BCUT2D eigenvalue weighted by molar-refractivity contribution is 1.50. The molecule has 0 bridgehead atoms. The maximum atomic E-state index is 3.78. The van der Waals surface area contributed by atoms with E-state index in [1.165, 1.54) is 0 Å². The van der Waals surface area contributed by atoms with Crippen LogP contribution in [0.15, 0.2) is 42.6 Å². The summed E-state index contributed by atoms with van der Waals surface area (Å²) >= 11 is 0. The molecule has 0 aliphatic heterocycles. The Morgan fingerprint density at radius 3 is 1.75 bits per heavy atom. The Labute approximate surface area is 77.2 Å². The van der Waals surface area contributed by atoms with Crippen LogP contribution in [0.2, 0.25) is 0 Å². The average Bonchev–Trinajstić information content (AvgIpc) is 2.19. The zero-order valence-corrected chi connectivity index (χ0v) is 8.75. The molecule has 70 valence electrons. The van der Waals surface area contributed by atoms with Gasteiger partial charge in [-0.15, -0.1) is 0 Å². The minimum Gasteiger partial charge on any atom is -0.265 e. The molecule has 12 heavy (non-hydrogen) atoms. The van der Waals surface area contributed by atoms with E-state index in [1.54, 1.807) is 30.6 Å². The predicted molar refractivity (Wildman–Crippen MR) is 60.7 cm³/mol. The maximum absolute atomic E-state index is 3.78. The summed E-state index contributed by atoms with van der Waals surface area (Å²) in [6.45, 7) is 14.9. The summed E-state index contributed by atoms with van der Waals surface area (Å²) < 4.78 is 0. The highest BCUT2D eigenvalue weighted by molar-refractivity contribution is 5.70. The Morgan fingerprint density at radius 2 is 1.42 bits per heavy atom. The summed E-state index contributed by atoms with van der Waals surface area (Å²) in [5, 5.41) is 0. The Kier molecular flexibility index (Phi) is 46.6. The molecule has 0 saturated carbocycles. The molecule has 0 aromatic carbocycles. The monoisotopic (exact) mass is 167 g/mol. The third-order valence-corrected chi connectivity index (χ3v) is 0.500. The smallest absolute Gasteiger partial charge is 0.0267 e. The lowest BCUT2D eigenvalue weighted by Crippen LogP contribution is -1.55. The van der Waals surface area contributed by atoms with Gasteiger partial charge in [0.05, 0.1) is 0 Å². The van der Waals surface area contributed by atoms with Crippen molar-refractivity contribution in [2.45, 2.75) is 27.7 Å². The SMILES string of the molecule is C=CC=N/C=C\C=C.CC.CC. The van der Waals surface area contributed by atoms with E-state index in [2.05, 4.69) is 18.2 Å². The number of aliphatic imine (C=N–C) groups is 1. The van der Waals surface area contributed by atoms with Gasteiger partial charge in [-0.05, 0) is 6.08 Å². The maximum Gasteiger partial charge on any atom is 0.0267 e. The summed E-state index contributed by atoms with van der Waals surface area (Å²) in [7, 11) is 0. The highest BCUT2D eigenvalue weighted by atomic mass is 14.6. The van der Waals surface area contributed by atoms with Crippen LogP contribution in [0.1, 0.15) is 27.7 Å². The molecule has 0 fully saturated rings.